The molecule has 0 spiro atoms. The first-order chi connectivity index (χ1) is 11.4. The molecule has 2 heterocycles. The lowest BCUT2D eigenvalue weighted by molar-refractivity contribution is -0.0350. The minimum atomic E-state index is -1.23. The molecular formula is C15H23N3O6. The average molecular weight is 341 g/mol. The Balaban J connectivity index is 1.97. The van der Waals surface area contributed by atoms with Gasteiger partial charge < -0.3 is 19.7 Å². The van der Waals surface area contributed by atoms with Gasteiger partial charge in [-0.15, -0.1) is 0 Å². The monoisotopic (exact) mass is 341 g/mol. The van der Waals surface area contributed by atoms with E-state index in [0.29, 0.717) is 6.61 Å². The highest BCUT2D eigenvalue weighted by molar-refractivity contribution is 5.83. The number of nitrogens with one attached hydrogen (secondary N) is 1. The van der Waals surface area contributed by atoms with Crippen molar-refractivity contribution < 1.29 is 24.5 Å². The van der Waals surface area contributed by atoms with Gasteiger partial charge in [-0.05, 0) is 19.4 Å². The molecule has 1 saturated heterocycles. The fourth-order valence-corrected chi connectivity index (χ4v) is 2.39. The number of hydrogen-bond acceptors (Lipinski definition) is 7. The summed E-state index contributed by atoms with van der Waals surface area (Å²) in [6.07, 6.45) is -0.533. The SMILES string of the molecule is CCCCCOC(=O)Nc1ccn([C@@H]2O[C@H](C)[C@H](O)C2O)c(=O)n1. The quantitative estimate of drug-likeness (QED) is 0.648. The van der Waals surface area contributed by atoms with Crippen LogP contribution in [0.4, 0.5) is 10.6 Å². The van der Waals surface area contributed by atoms with Crippen LogP contribution in [0.5, 0.6) is 0 Å². The molecule has 2 rings (SSSR count). The third-order valence-electron chi connectivity index (χ3n) is 3.79. The fraction of sp³-hybridized carbons (Fsp3) is 0.667. The number of ether oxygens (including phenoxy) is 2. The van der Waals surface area contributed by atoms with E-state index >= 15 is 0 Å². The molecule has 1 amide bonds. The highest BCUT2D eigenvalue weighted by atomic mass is 16.6. The molecule has 1 aliphatic rings. The molecule has 4 atom stereocenters. The summed E-state index contributed by atoms with van der Waals surface area (Å²) in [6, 6.07) is 1.39. The second kappa shape index (κ2) is 8.22. The Hall–Kier alpha value is -1.97. The minimum absolute atomic E-state index is 0.0397. The number of rotatable bonds is 6. The van der Waals surface area contributed by atoms with Crippen LogP contribution in [0.3, 0.4) is 0 Å². The van der Waals surface area contributed by atoms with Gasteiger partial charge in [0.05, 0.1) is 12.7 Å². The lowest BCUT2D eigenvalue weighted by Crippen LogP contribution is -2.35. The molecule has 0 aliphatic carbocycles. The third-order valence-corrected chi connectivity index (χ3v) is 3.79. The maximum Gasteiger partial charge on any atom is 0.412 e. The molecule has 0 radical (unpaired) electrons. The molecule has 1 aliphatic heterocycles. The third kappa shape index (κ3) is 4.31. The van der Waals surface area contributed by atoms with E-state index in [0.717, 1.165) is 23.8 Å². The first-order valence-electron chi connectivity index (χ1n) is 7.98. The van der Waals surface area contributed by atoms with E-state index in [2.05, 4.69) is 10.3 Å². The Morgan fingerprint density at radius 1 is 1.42 bits per heavy atom. The summed E-state index contributed by atoms with van der Waals surface area (Å²) in [5.41, 5.74) is -0.718. The van der Waals surface area contributed by atoms with Gasteiger partial charge in [-0.3, -0.25) is 9.88 Å². The molecule has 24 heavy (non-hydrogen) atoms. The summed E-state index contributed by atoms with van der Waals surface area (Å²) >= 11 is 0. The maximum absolute atomic E-state index is 12.1. The predicted octanol–water partition coefficient (Wildman–Crippen LogP) is 0.621. The predicted molar refractivity (Wildman–Crippen MR) is 84.6 cm³/mol. The van der Waals surface area contributed by atoms with E-state index < -0.39 is 36.3 Å². The average Bonchev–Trinajstić information content (AvgIpc) is 2.79. The van der Waals surface area contributed by atoms with Crippen molar-refractivity contribution in [1.29, 1.82) is 0 Å². The lowest BCUT2D eigenvalue weighted by Gasteiger charge is -2.17. The van der Waals surface area contributed by atoms with E-state index in [1.165, 1.54) is 12.3 Å². The Bertz CT molecular complexity index is 619. The Morgan fingerprint density at radius 3 is 2.75 bits per heavy atom. The molecule has 1 fully saturated rings. The first-order valence-corrected chi connectivity index (χ1v) is 7.98. The lowest BCUT2D eigenvalue weighted by atomic mass is 10.1. The molecule has 0 aromatic carbocycles. The van der Waals surface area contributed by atoms with Crippen molar-refractivity contribution >= 4 is 11.9 Å². The van der Waals surface area contributed by atoms with Gasteiger partial charge in [0.25, 0.3) is 0 Å². The van der Waals surface area contributed by atoms with Crippen molar-refractivity contribution in [1.82, 2.24) is 9.55 Å². The van der Waals surface area contributed by atoms with E-state index in [1.54, 1.807) is 6.92 Å². The molecule has 9 heteroatoms. The topological polar surface area (TPSA) is 123 Å². The number of unbranched alkanes of at least 4 members (excludes halogenated alkanes) is 2. The Morgan fingerprint density at radius 2 is 2.17 bits per heavy atom. The summed E-state index contributed by atoms with van der Waals surface area (Å²) < 4.78 is 11.4. The molecule has 1 aromatic heterocycles. The Labute approximate surface area is 139 Å². The first kappa shape index (κ1) is 18.4. The second-order valence-electron chi connectivity index (χ2n) is 5.68. The zero-order chi connectivity index (χ0) is 17.7. The van der Waals surface area contributed by atoms with E-state index in [-0.39, 0.29) is 5.82 Å². The number of nitrogens with zero attached hydrogens (tertiary/aromatic N) is 2. The van der Waals surface area contributed by atoms with Gasteiger partial charge in [0.2, 0.25) is 0 Å². The summed E-state index contributed by atoms with van der Waals surface area (Å²) in [4.78, 5) is 27.3. The van der Waals surface area contributed by atoms with Crippen LogP contribution in [0.2, 0.25) is 0 Å². The van der Waals surface area contributed by atoms with Gasteiger partial charge in [0.1, 0.15) is 18.0 Å². The molecule has 1 aromatic rings. The zero-order valence-electron chi connectivity index (χ0n) is 13.7. The molecule has 134 valence electrons. The second-order valence-corrected chi connectivity index (χ2v) is 5.68. The van der Waals surface area contributed by atoms with Gasteiger partial charge in [0.15, 0.2) is 6.23 Å². The van der Waals surface area contributed by atoms with Crippen LogP contribution < -0.4 is 11.0 Å². The van der Waals surface area contributed by atoms with Crippen LogP contribution >= 0.6 is 0 Å². The zero-order valence-corrected chi connectivity index (χ0v) is 13.7. The molecule has 1 unspecified atom stereocenters. The largest absolute Gasteiger partial charge is 0.449 e. The number of amides is 1. The molecule has 3 N–H and O–H groups in total. The summed E-state index contributed by atoms with van der Waals surface area (Å²) in [5.74, 6) is 0.0397. The van der Waals surface area contributed by atoms with Crippen LogP contribution in [0.25, 0.3) is 0 Å². The van der Waals surface area contributed by atoms with Crippen LogP contribution in [-0.2, 0) is 9.47 Å². The fourth-order valence-electron chi connectivity index (χ4n) is 2.39. The highest BCUT2D eigenvalue weighted by Crippen LogP contribution is 2.27. The number of carbonyl (C=O) groups is 1. The van der Waals surface area contributed by atoms with Crippen LogP contribution in [0, 0.1) is 0 Å². The van der Waals surface area contributed by atoms with Gasteiger partial charge in [-0.25, -0.2) is 9.59 Å². The van der Waals surface area contributed by atoms with Gasteiger partial charge in [-0.2, -0.15) is 4.98 Å². The van der Waals surface area contributed by atoms with E-state index in [4.69, 9.17) is 9.47 Å². The number of aliphatic hydroxyl groups is 2. The van der Waals surface area contributed by atoms with Crippen molar-refractivity contribution in [3.8, 4) is 0 Å². The number of carbonyl (C=O) groups excluding carboxylic acids is 1. The minimum Gasteiger partial charge on any atom is -0.449 e. The molecule has 9 nitrogen and oxygen atoms in total. The normalized spacial score (nSPS) is 26.3. The Kier molecular flexibility index (Phi) is 6.29. The van der Waals surface area contributed by atoms with Gasteiger partial charge in [-0.1, -0.05) is 19.8 Å². The van der Waals surface area contributed by atoms with Crippen LogP contribution in [-0.4, -0.2) is 50.8 Å². The summed E-state index contributed by atoms with van der Waals surface area (Å²) in [7, 11) is 0. The number of aliphatic hydroxyl groups excluding tert-OH is 2. The summed E-state index contributed by atoms with van der Waals surface area (Å²) in [6.45, 7) is 3.94. The maximum atomic E-state index is 12.1. The number of aromatic nitrogens is 2. The van der Waals surface area contributed by atoms with E-state index in [9.17, 15) is 19.8 Å². The van der Waals surface area contributed by atoms with Crippen molar-refractivity contribution in [2.75, 3.05) is 11.9 Å². The number of hydrogen-bond donors (Lipinski definition) is 3. The molecular weight excluding hydrogens is 318 g/mol. The summed E-state index contributed by atoms with van der Waals surface area (Å²) in [5, 5.41) is 22.0. The van der Waals surface area contributed by atoms with Gasteiger partial charge >= 0.3 is 11.8 Å². The smallest absolute Gasteiger partial charge is 0.412 e. The van der Waals surface area contributed by atoms with Crippen molar-refractivity contribution in [2.24, 2.45) is 0 Å². The van der Waals surface area contributed by atoms with Crippen molar-refractivity contribution in [2.45, 2.75) is 57.6 Å². The molecule has 0 saturated carbocycles. The van der Waals surface area contributed by atoms with E-state index in [1.807, 2.05) is 6.92 Å². The van der Waals surface area contributed by atoms with Crippen molar-refractivity contribution in [3.05, 3.63) is 22.7 Å². The number of anilines is 1. The van der Waals surface area contributed by atoms with Gasteiger partial charge in [0, 0.05) is 6.20 Å². The van der Waals surface area contributed by atoms with Crippen LogP contribution in [0.15, 0.2) is 17.1 Å². The standard InChI is InChI=1S/C15H23N3O6/c1-3-4-5-8-23-15(22)17-10-6-7-18(14(21)16-10)13-12(20)11(19)9(2)24-13/h6-7,9,11-13,19-20H,3-5,8H2,1-2H3,(H,16,17,21,22)/t9-,11+,12?,13-/m1/s1. The van der Waals surface area contributed by atoms with Crippen LogP contribution in [0.1, 0.15) is 39.3 Å². The van der Waals surface area contributed by atoms with Crippen molar-refractivity contribution in [3.63, 3.8) is 0 Å². The highest BCUT2D eigenvalue weighted by Gasteiger charge is 2.41. The molecule has 0 bridgehead atoms.